The molecule has 0 heterocycles. The number of nitrogens with one attached hydrogen (secondary N) is 1. The molecule has 0 amide bonds. The Morgan fingerprint density at radius 3 is 2.44 bits per heavy atom. The van der Waals surface area contributed by atoms with Crippen molar-refractivity contribution < 1.29 is 4.74 Å². The van der Waals surface area contributed by atoms with Gasteiger partial charge in [-0.25, -0.2) is 0 Å². The third kappa shape index (κ3) is 1.99. The number of hydrazine groups is 1. The van der Waals surface area contributed by atoms with Crippen LogP contribution < -0.4 is 16.0 Å². The van der Waals surface area contributed by atoms with E-state index in [1.807, 2.05) is 48.5 Å². The molecule has 2 rings (SSSR count). The first-order valence-electron chi connectivity index (χ1n) is 5.05. The number of hydrogen-bond donors (Lipinski definition) is 2. The molecule has 0 saturated heterocycles. The van der Waals surface area contributed by atoms with Gasteiger partial charge in [-0.3, -0.25) is 5.84 Å². The molecule has 2 aromatic carbocycles. The Bertz CT molecular complexity index is 469. The van der Waals surface area contributed by atoms with Crippen LogP contribution in [0.4, 0.5) is 5.69 Å². The lowest BCUT2D eigenvalue weighted by atomic mass is 10.0. The van der Waals surface area contributed by atoms with E-state index in [9.17, 15) is 0 Å². The van der Waals surface area contributed by atoms with Crippen molar-refractivity contribution in [3.05, 3.63) is 48.5 Å². The van der Waals surface area contributed by atoms with Crippen LogP contribution in [0, 0.1) is 0 Å². The highest BCUT2D eigenvalue weighted by atomic mass is 16.5. The first-order valence-corrected chi connectivity index (χ1v) is 5.05. The molecule has 0 unspecified atom stereocenters. The van der Waals surface area contributed by atoms with Crippen molar-refractivity contribution >= 4 is 5.69 Å². The molecule has 0 aliphatic heterocycles. The Kier molecular flexibility index (Phi) is 3.08. The fourth-order valence-corrected chi connectivity index (χ4v) is 1.64. The molecule has 0 aliphatic rings. The average molecular weight is 214 g/mol. The predicted octanol–water partition coefficient (Wildman–Crippen LogP) is 2.65. The number of nitrogens with two attached hydrogens (primary N) is 1. The van der Waals surface area contributed by atoms with Gasteiger partial charge in [-0.2, -0.15) is 0 Å². The minimum atomic E-state index is 0.838. The molecule has 16 heavy (non-hydrogen) atoms. The average Bonchev–Trinajstić information content (AvgIpc) is 2.39. The van der Waals surface area contributed by atoms with Gasteiger partial charge < -0.3 is 10.2 Å². The van der Waals surface area contributed by atoms with Gasteiger partial charge in [0.25, 0.3) is 0 Å². The largest absolute Gasteiger partial charge is 0.496 e. The molecule has 0 atom stereocenters. The van der Waals surface area contributed by atoms with E-state index in [1.54, 1.807) is 7.11 Å². The predicted molar refractivity (Wildman–Crippen MR) is 66.2 cm³/mol. The minimum absolute atomic E-state index is 0.838. The van der Waals surface area contributed by atoms with E-state index in [0.717, 1.165) is 22.6 Å². The van der Waals surface area contributed by atoms with Crippen LogP contribution >= 0.6 is 0 Å². The van der Waals surface area contributed by atoms with Gasteiger partial charge in [0.05, 0.1) is 7.11 Å². The Morgan fingerprint density at radius 2 is 1.81 bits per heavy atom. The van der Waals surface area contributed by atoms with E-state index < -0.39 is 0 Å². The van der Waals surface area contributed by atoms with Gasteiger partial charge in [0.2, 0.25) is 0 Å². The lowest BCUT2D eigenvalue weighted by molar-refractivity contribution is 0.416. The molecule has 0 aliphatic carbocycles. The zero-order chi connectivity index (χ0) is 11.4. The maximum absolute atomic E-state index is 5.40. The first-order chi connectivity index (χ1) is 7.85. The van der Waals surface area contributed by atoms with Crippen molar-refractivity contribution in [2.45, 2.75) is 0 Å². The van der Waals surface area contributed by atoms with Gasteiger partial charge in [-0.05, 0) is 23.8 Å². The number of rotatable bonds is 3. The molecule has 0 radical (unpaired) electrons. The van der Waals surface area contributed by atoms with Gasteiger partial charge in [0, 0.05) is 11.3 Å². The molecular formula is C13H14N2O. The van der Waals surface area contributed by atoms with Crippen LogP contribution in [0.15, 0.2) is 48.5 Å². The number of hydrogen-bond acceptors (Lipinski definition) is 3. The number of ether oxygens (including phenoxy) is 1. The summed E-state index contributed by atoms with van der Waals surface area (Å²) in [4.78, 5) is 0. The van der Waals surface area contributed by atoms with Gasteiger partial charge >= 0.3 is 0 Å². The van der Waals surface area contributed by atoms with Crippen molar-refractivity contribution in [1.82, 2.24) is 0 Å². The summed E-state index contributed by atoms with van der Waals surface area (Å²) in [6, 6.07) is 15.8. The minimum Gasteiger partial charge on any atom is -0.496 e. The lowest BCUT2D eigenvalue weighted by Crippen LogP contribution is -2.06. The molecule has 0 aromatic heterocycles. The van der Waals surface area contributed by atoms with E-state index in [1.165, 1.54) is 0 Å². The normalized spacial score (nSPS) is 9.88. The summed E-state index contributed by atoms with van der Waals surface area (Å²) in [6.07, 6.45) is 0. The SMILES string of the molecule is COc1ccc(NN)cc1-c1ccccc1. The Hall–Kier alpha value is -2.00. The monoisotopic (exact) mass is 214 g/mol. The Labute approximate surface area is 94.8 Å². The molecule has 3 N–H and O–H groups in total. The van der Waals surface area contributed by atoms with Crippen LogP contribution in [0.5, 0.6) is 5.75 Å². The number of benzene rings is 2. The fraction of sp³-hybridized carbons (Fsp3) is 0.0769. The quantitative estimate of drug-likeness (QED) is 0.610. The molecule has 3 nitrogen and oxygen atoms in total. The highest BCUT2D eigenvalue weighted by Crippen LogP contribution is 2.31. The summed E-state index contributed by atoms with van der Waals surface area (Å²) in [6.45, 7) is 0. The van der Waals surface area contributed by atoms with Gasteiger partial charge in [-0.1, -0.05) is 30.3 Å². The van der Waals surface area contributed by atoms with Crippen LogP contribution in [-0.2, 0) is 0 Å². The highest BCUT2D eigenvalue weighted by Gasteiger charge is 2.05. The maximum atomic E-state index is 5.40. The van der Waals surface area contributed by atoms with E-state index in [4.69, 9.17) is 10.6 Å². The lowest BCUT2D eigenvalue weighted by Gasteiger charge is -2.10. The van der Waals surface area contributed by atoms with E-state index in [-0.39, 0.29) is 0 Å². The van der Waals surface area contributed by atoms with Crippen molar-refractivity contribution in [1.29, 1.82) is 0 Å². The van der Waals surface area contributed by atoms with Gasteiger partial charge in [-0.15, -0.1) is 0 Å². The fourth-order valence-electron chi connectivity index (χ4n) is 1.64. The van der Waals surface area contributed by atoms with Crippen molar-refractivity contribution in [3.8, 4) is 16.9 Å². The Morgan fingerprint density at radius 1 is 1.06 bits per heavy atom. The highest BCUT2D eigenvalue weighted by molar-refractivity contribution is 5.74. The van der Waals surface area contributed by atoms with Crippen molar-refractivity contribution in [3.63, 3.8) is 0 Å². The number of nitrogen functional groups attached to an aromatic ring is 1. The first kappa shape index (κ1) is 10.5. The van der Waals surface area contributed by atoms with E-state index >= 15 is 0 Å². The summed E-state index contributed by atoms with van der Waals surface area (Å²) in [5.74, 6) is 6.24. The third-order valence-corrected chi connectivity index (χ3v) is 2.45. The second-order valence-corrected chi connectivity index (χ2v) is 3.43. The van der Waals surface area contributed by atoms with Crippen LogP contribution in [0.2, 0.25) is 0 Å². The topological polar surface area (TPSA) is 47.3 Å². The number of methoxy groups -OCH3 is 1. The van der Waals surface area contributed by atoms with Crippen LogP contribution in [0.25, 0.3) is 11.1 Å². The molecule has 0 saturated carbocycles. The molecule has 82 valence electrons. The van der Waals surface area contributed by atoms with E-state index in [2.05, 4.69) is 5.43 Å². The van der Waals surface area contributed by atoms with Gasteiger partial charge in [0.15, 0.2) is 0 Å². The zero-order valence-electron chi connectivity index (χ0n) is 9.10. The second kappa shape index (κ2) is 4.68. The second-order valence-electron chi connectivity index (χ2n) is 3.43. The summed E-state index contributed by atoms with van der Waals surface area (Å²) in [7, 11) is 1.66. The number of anilines is 1. The van der Waals surface area contributed by atoms with Gasteiger partial charge in [0.1, 0.15) is 5.75 Å². The molecular weight excluding hydrogens is 200 g/mol. The molecule has 0 bridgehead atoms. The van der Waals surface area contributed by atoms with Crippen LogP contribution in [-0.4, -0.2) is 7.11 Å². The smallest absolute Gasteiger partial charge is 0.126 e. The molecule has 3 heteroatoms. The van der Waals surface area contributed by atoms with Crippen molar-refractivity contribution in [2.24, 2.45) is 5.84 Å². The summed E-state index contributed by atoms with van der Waals surface area (Å²) >= 11 is 0. The standard InChI is InChI=1S/C13H14N2O/c1-16-13-8-7-11(15-14)9-12(13)10-5-3-2-4-6-10/h2-9,15H,14H2,1H3. The summed E-state index contributed by atoms with van der Waals surface area (Å²) in [5, 5.41) is 0. The third-order valence-electron chi connectivity index (χ3n) is 2.45. The zero-order valence-corrected chi connectivity index (χ0v) is 9.10. The summed E-state index contributed by atoms with van der Waals surface area (Å²) in [5.41, 5.74) is 5.63. The molecule has 2 aromatic rings. The summed E-state index contributed by atoms with van der Waals surface area (Å²) < 4.78 is 5.33. The van der Waals surface area contributed by atoms with Crippen molar-refractivity contribution in [2.75, 3.05) is 12.5 Å². The molecule has 0 fully saturated rings. The van der Waals surface area contributed by atoms with Crippen LogP contribution in [0.3, 0.4) is 0 Å². The Balaban J connectivity index is 2.53. The van der Waals surface area contributed by atoms with Crippen LogP contribution in [0.1, 0.15) is 0 Å². The van der Waals surface area contributed by atoms with E-state index in [0.29, 0.717) is 0 Å². The maximum Gasteiger partial charge on any atom is 0.126 e. The molecule has 0 spiro atoms.